The highest BCUT2D eigenvalue weighted by Crippen LogP contribution is 2.37. The fourth-order valence-electron chi connectivity index (χ4n) is 4.00. The van der Waals surface area contributed by atoms with E-state index in [1.54, 1.807) is 4.90 Å². The molecule has 1 atom stereocenters. The number of unbranched alkanes of at least 4 members (excludes halogenated alkanes) is 1. The molecule has 3 N–H and O–H groups in total. The smallest absolute Gasteiger partial charge is 0.253 e. The van der Waals surface area contributed by atoms with Gasteiger partial charge in [-0.2, -0.15) is 0 Å². The van der Waals surface area contributed by atoms with Crippen LogP contribution in [-0.2, 0) is 4.79 Å². The molecule has 0 aliphatic carbocycles. The molecule has 0 saturated carbocycles. The maximum absolute atomic E-state index is 13.2. The van der Waals surface area contributed by atoms with E-state index in [9.17, 15) is 9.59 Å². The summed E-state index contributed by atoms with van der Waals surface area (Å²) in [5.74, 6) is 0.457. The largest absolute Gasteiger partial charge is 0.384 e. The zero-order chi connectivity index (χ0) is 23.0. The predicted molar refractivity (Wildman–Crippen MR) is 131 cm³/mol. The number of nitrogens with one attached hydrogen (secondary N) is 3. The van der Waals surface area contributed by atoms with Crippen LogP contribution in [0.15, 0.2) is 12.1 Å². The fourth-order valence-corrected chi connectivity index (χ4v) is 4.00. The molecule has 2 amide bonds. The van der Waals surface area contributed by atoms with E-state index in [2.05, 4.69) is 43.6 Å². The summed E-state index contributed by atoms with van der Waals surface area (Å²) in [5, 5.41) is 10.2. The Morgan fingerprint density at radius 2 is 1.94 bits per heavy atom. The molecule has 0 aromatic heterocycles. The van der Waals surface area contributed by atoms with Gasteiger partial charge in [0.05, 0.1) is 16.9 Å². The number of carbonyl (C=O) groups is 2. The monoisotopic (exact) mass is 430 g/mol. The van der Waals surface area contributed by atoms with Crippen LogP contribution in [-0.4, -0.2) is 37.0 Å². The summed E-state index contributed by atoms with van der Waals surface area (Å²) in [6.45, 7) is 15.0. The van der Waals surface area contributed by atoms with E-state index in [4.69, 9.17) is 0 Å². The highest BCUT2D eigenvalue weighted by molar-refractivity contribution is 6.06. The molecule has 0 radical (unpaired) electrons. The molecule has 1 unspecified atom stereocenters. The number of rotatable bonds is 12. The fraction of sp³-hybridized carbons (Fsp3) is 0.680. The maximum atomic E-state index is 13.2. The molecule has 1 saturated heterocycles. The summed E-state index contributed by atoms with van der Waals surface area (Å²) in [6, 6.07) is 3.89. The van der Waals surface area contributed by atoms with Crippen molar-refractivity contribution in [3.8, 4) is 0 Å². The van der Waals surface area contributed by atoms with Crippen LogP contribution in [0.5, 0.6) is 0 Å². The van der Waals surface area contributed by atoms with Crippen LogP contribution in [0.4, 0.5) is 17.1 Å². The van der Waals surface area contributed by atoms with Crippen LogP contribution in [0.25, 0.3) is 0 Å². The van der Waals surface area contributed by atoms with E-state index in [-0.39, 0.29) is 17.4 Å². The van der Waals surface area contributed by atoms with Gasteiger partial charge in [0.25, 0.3) is 5.91 Å². The first-order chi connectivity index (χ1) is 14.7. The number of hydrogen-bond acceptors (Lipinski definition) is 4. The Hall–Kier alpha value is -2.24. The average Bonchev–Trinajstić information content (AvgIpc) is 3.17. The molecule has 6 heteroatoms. The van der Waals surface area contributed by atoms with E-state index in [1.165, 1.54) is 12.8 Å². The third-order valence-corrected chi connectivity index (χ3v) is 6.33. The molecule has 1 aliphatic rings. The number of nitrogens with zero attached hydrogens (tertiary/aromatic N) is 1. The van der Waals surface area contributed by atoms with Crippen molar-refractivity contribution in [2.24, 2.45) is 5.92 Å². The zero-order valence-corrected chi connectivity index (χ0v) is 20.4. The Bertz CT molecular complexity index is 760. The molecule has 1 aromatic rings. The van der Waals surface area contributed by atoms with Crippen LogP contribution in [0, 0.1) is 5.92 Å². The molecule has 6 nitrogen and oxygen atoms in total. The predicted octanol–water partition coefficient (Wildman–Crippen LogP) is 5.40. The number of anilines is 3. The van der Waals surface area contributed by atoms with Crippen LogP contribution < -0.4 is 20.9 Å². The van der Waals surface area contributed by atoms with Gasteiger partial charge in [-0.25, -0.2) is 0 Å². The van der Waals surface area contributed by atoms with E-state index in [0.717, 1.165) is 42.9 Å². The summed E-state index contributed by atoms with van der Waals surface area (Å²) in [6.07, 6.45) is 5.78. The molecule has 1 heterocycles. The highest BCUT2D eigenvalue weighted by atomic mass is 16.2. The molecule has 31 heavy (non-hydrogen) atoms. The minimum absolute atomic E-state index is 0.103. The highest BCUT2D eigenvalue weighted by Gasteiger charge is 2.30. The van der Waals surface area contributed by atoms with Gasteiger partial charge in [0.1, 0.15) is 0 Å². The number of carbonyl (C=O) groups excluding carboxylic acids is 2. The lowest BCUT2D eigenvalue weighted by Gasteiger charge is -2.36. The van der Waals surface area contributed by atoms with Crippen LogP contribution in [0.3, 0.4) is 0 Å². The second kappa shape index (κ2) is 11.4. The van der Waals surface area contributed by atoms with Gasteiger partial charge in [-0.3, -0.25) is 9.59 Å². The lowest BCUT2D eigenvalue weighted by Crippen LogP contribution is -2.39. The minimum Gasteiger partial charge on any atom is -0.384 e. The van der Waals surface area contributed by atoms with E-state index in [1.807, 2.05) is 26.0 Å². The summed E-state index contributed by atoms with van der Waals surface area (Å²) in [4.78, 5) is 27.4. The van der Waals surface area contributed by atoms with Crippen LogP contribution >= 0.6 is 0 Å². The van der Waals surface area contributed by atoms with Crippen molar-refractivity contribution >= 4 is 28.9 Å². The minimum atomic E-state index is -0.190. The van der Waals surface area contributed by atoms with Crippen molar-refractivity contribution < 1.29 is 9.59 Å². The Balaban J connectivity index is 2.51. The first-order valence-electron chi connectivity index (χ1n) is 12.0. The third-order valence-electron chi connectivity index (χ3n) is 6.33. The molecular weight excluding hydrogens is 388 g/mol. The molecule has 0 spiro atoms. The van der Waals surface area contributed by atoms with Crippen molar-refractivity contribution in [3.05, 3.63) is 17.7 Å². The van der Waals surface area contributed by atoms with Crippen molar-refractivity contribution in [1.82, 2.24) is 5.32 Å². The second-order valence-corrected chi connectivity index (χ2v) is 9.24. The van der Waals surface area contributed by atoms with Gasteiger partial charge in [-0.1, -0.05) is 33.6 Å². The van der Waals surface area contributed by atoms with Crippen molar-refractivity contribution in [3.63, 3.8) is 0 Å². The molecular formula is C25H42N4O2. The standard InChI is InChI=1S/C25H42N4O2/c1-7-10-12-18(4)25(5,6)28-23-20(24(31)27-14-8-2)16-19(17-21(23)26-9-3)29-15-11-13-22(29)30/h16-18,26,28H,7-15H2,1-6H3,(H,27,31). The van der Waals surface area contributed by atoms with Crippen LogP contribution in [0.1, 0.15) is 90.4 Å². The molecule has 1 aromatic carbocycles. The molecule has 174 valence electrons. The van der Waals surface area contributed by atoms with Gasteiger partial charge in [0.15, 0.2) is 0 Å². The molecule has 1 fully saturated rings. The van der Waals surface area contributed by atoms with Gasteiger partial charge < -0.3 is 20.9 Å². The second-order valence-electron chi connectivity index (χ2n) is 9.24. The summed E-state index contributed by atoms with van der Waals surface area (Å²) in [5.41, 5.74) is 2.89. The van der Waals surface area contributed by atoms with Crippen molar-refractivity contribution in [2.45, 2.75) is 85.6 Å². The quantitative estimate of drug-likeness (QED) is 0.415. The normalized spacial score (nSPS) is 15.2. The topological polar surface area (TPSA) is 73.5 Å². The molecule has 1 aliphatic heterocycles. The van der Waals surface area contributed by atoms with Gasteiger partial charge in [-0.05, 0) is 58.1 Å². The van der Waals surface area contributed by atoms with Gasteiger partial charge in [-0.15, -0.1) is 0 Å². The third kappa shape index (κ3) is 6.37. The lowest BCUT2D eigenvalue weighted by molar-refractivity contribution is -0.117. The summed E-state index contributed by atoms with van der Waals surface area (Å²) in [7, 11) is 0. The summed E-state index contributed by atoms with van der Waals surface area (Å²) < 4.78 is 0. The van der Waals surface area contributed by atoms with Crippen molar-refractivity contribution in [1.29, 1.82) is 0 Å². The number of amides is 2. The first kappa shape index (κ1) is 25.0. The Morgan fingerprint density at radius 3 is 2.52 bits per heavy atom. The summed E-state index contributed by atoms with van der Waals surface area (Å²) >= 11 is 0. The van der Waals surface area contributed by atoms with Gasteiger partial charge in [0, 0.05) is 37.3 Å². The van der Waals surface area contributed by atoms with E-state index < -0.39 is 0 Å². The van der Waals surface area contributed by atoms with E-state index in [0.29, 0.717) is 31.0 Å². The molecule has 0 bridgehead atoms. The Labute approximate surface area is 188 Å². The first-order valence-corrected chi connectivity index (χ1v) is 12.0. The van der Waals surface area contributed by atoms with Gasteiger partial charge >= 0.3 is 0 Å². The number of benzene rings is 1. The van der Waals surface area contributed by atoms with Crippen molar-refractivity contribution in [2.75, 3.05) is 35.2 Å². The van der Waals surface area contributed by atoms with Crippen LogP contribution in [0.2, 0.25) is 0 Å². The number of hydrogen-bond donors (Lipinski definition) is 3. The Morgan fingerprint density at radius 1 is 1.19 bits per heavy atom. The lowest BCUT2D eigenvalue weighted by atomic mass is 9.84. The maximum Gasteiger partial charge on any atom is 0.253 e. The average molecular weight is 431 g/mol. The SMILES string of the molecule is CCCCC(C)C(C)(C)Nc1c(NCC)cc(N2CCCC2=O)cc1C(=O)NCCC. The zero-order valence-electron chi connectivity index (χ0n) is 20.4. The van der Waals surface area contributed by atoms with E-state index >= 15 is 0 Å². The Kier molecular flexibility index (Phi) is 9.20. The van der Waals surface area contributed by atoms with Gasteiger partial charge in [0.2, 0.25) is 5.91 Å². The molecule has 2 rings (SSSR count).